The van der Waals surface area contributed by atoms with Crippen LogP contribution in [-0.4, -0.2) is 24.3 Å². The van der Waals surface area contributed by atoms with Gasteiger partial charge in [-0.05, 0) is 35.4 Å². The highest BCUT2D eigenvalue weighted by Crippen LogP contribution is 2.27. The van der Waals surface area contributed by atoms with Gasteiger partial charge in [-0.3, -0.25) is 0 Å². The van der Waals surface area contributed by atoms with Crippen molar-refractivity contribution in [1.82, 2.24) is 5.32 Å². The summed E-state index contributed by atoms with van der Waals surface area (Å²) in [4.78, 5) is 11.8. The first-order chi connectivity index (χ1) is 10.7. The third-order valence-corrected chi connectivity index (χ3v) is 3.59. The number of aliphatic hydroxyl groups is 1. The van der Waals surface area contributed by atoms with Crippen molar-refractivity contribution in [3.05, 3.63) is 59.7 Å². The highest BCUT2D eigenvalue weighted by atomic mass is 16.5. The van der Waals surface area contributed by atoms with Crippen LogP contribution < -0.4 is 15.4 Å². The molecule has 1 heterocycles. The van der Waals surface area contributed by atoms with Crippen LogP contribution in [0, 0.1) is 0 Å². The molecular formula is C17H18N2O3. The van der Waals surface area contributed by atoms with Gasteiger partial charge in [-0.15, -0.1) is 0 Å². The van der Waals surface area contributed by atoms with E-state index in [1.54, 1.807) is 12.1 Å². The lowest BCUT2D eigenvalue weighted by Gasteiger charge is -2.14. The molecule has 5 heteroatoms. The molecule has 2 aromatic carbocycles. The van der Waals surface area contributed by atoms with Gasteiger partial charge in [-0.25, -0.2) is 4.79 Å². The van der Waals surface area contributed by atoms with Crippen molar-refractivity contribution >= 4 is 11.7 Å². The van der Waals surface area contributed by atoms with Crippen LogP contribution in [0.4, 0.5) is 10.5 Å². The highest BCUT2D eigenvalue weighted by Gasteiger charge is 2.16. The Labute approximate surface area is 128 Å². The first-order valence-electron chi connectivity index (χ1n) is 7.26. The predicted octanol–water partition coefficient (Wildman–Crippen LogP) is 2.48. The fourth-order valence-corrected chi connectivity index (χ4v) is 2.42. The summed E-state index contributed by atoms with van der Waals surface area (Å²) in [6, 6.07) is 14.5. The van der Waals surface area contributed by atoms with Crippen molar-refractivity contribution in [1.29, 1.82) is 0 Å². The number of rotatable bonds is 4. The monoisotopic (exact) mass is 298 g/mol. The Morgan fingerprint density at radius 1 is 1.23 bits per heavy atom. The van der Waals surface area contributed by atoms with Gasteiger partial charge in [0.2, 0.25) is 0 Å². The molecule has 0 radical (unpaired) electrons. The molecule has 0 fully saturated rings. The average Bonchev–Trinajstić information content (AvgIpc) is 3.01. The number of carbonyl (C=O) groups excluding carboxylic acids is 1. The van der Waals surface area contributed by atoms with E-state index in [0.717, 1.165) is 23.3 Å². The maximum Gasteiger partial charge on any atom is 0.319 e. The summed E-state index contributed by atoms with van der Waals surface area (Å²) in [7, 11) is 0. The summed E-state index contributed by atoms with van der Waals surface area (Å²) < 4.78 is 5.44. The number of benzene rings is 2. The zero-order valence-electron chi connectivity index (χ0n) is 12.1. The van der Waals surface area contributed by atoms with Crippen LogP contribution in [0.1, 0.15) is 17.2 Å². The Bertz CT molecular complexity index is 658. The van der Waals surface area contributed by atoms with Gasteiger partial charge in [-0.1, -0.05) is 24.3 Å². The van der Waals surface area contributed by atoms with E-state index in [4.69, 9.17) is 4.74 Å². The normalized spacial score (nSPS) is 13.9. The number of para-hydroxylation sites is 1. The highest BCUT2D eigenvalue weighted by molar-refractivity contribution is 5.89. The number of urea groups is 1. The maximum atomic E-state index is 11.8. The lowest BCUT2D eigenvalue weighted by atomic mass is 10.0. The molecule has 22 heavy (non-hydrogen) atoms. The number of nitrogens with one attached hydrogen (secondary N) is 2. The topological polar surface area (TPSA) is 70.6 Å². The van der Waals surface area contributed by atoms with Gasteiger partial charge >= 0.3 is 6.03 Å². The number of hydrogen-bond donors (Lipinski definition) is 3. The Morgan fingerprint density at radius 2 is 2.05 bits per heavy atom. The van der Waals surface area contributed by atoms with E-state index in [-0.39, 0.29) is 12.6 Å². The zero-order valence-corrected chi connectivity index (χ0v) is 12.1. The molecule has 1 aliphatic heterocycles. The van der Waals surface area contributed by atoms with E-state index >= 15 is 0 Å². The SMILES string of the molecule is O=C(NC[C@H](O)c1ccc2c(c1)CCO2)Nc1ccccc1. The number of amides is 2. The van der Waals surface area contributed by atoms with E-state index in [0.29, 0.717) is 12.3 Å². The maximum absolute atomic E-state index is 11.8. The largest absolute Gasteiger partial charge is 0.493 e. The quantitative estimate of drug-likeness (QED) is 0.812. The summed E-state index contributed by atoms with van der Waals surface area (Å²) in [6.45, 7) is 0.838. The summed E-state index contributed by atoms with van der Waals surface area (Å²) in [5.41, 5.74) is 2.60. The Morgan fingerprint density at radius 3 is 2.86 bits per heavy atom. The molecule has 0 unspecified atom stereocenters. The van der Waals surface area contributed by atoms with Crippen LogP contribution in [0.15, 0.2) is 48.5 Å². The zero-order chi connectivity index (χ0) is 15.4. The van der Waals surface area contributed by atoms with Gasteiger partial charge in [-0.2, -0.15) is 0 Å². The second-order valence-electron chi connectivity index (χ2n) is 5.18. The molecule has 2 amide bonds. The molecule has 0 spiro atoms. The van der Waals surface area contributed by atoms with Crippen molar-refractivity contribution in [2.24, 2.45) is 0 Å². The number of fused-ring (bicyclic) bond motifs is 1. The van der Waals surface area contributed by atoms with Gasteiger partial charge in [0, 0.05) is 18.7 Å². The van der Waals surface area contributed by atoms with Crippen molar-refractivity contribution in [3.8, 4) is 5.75 Å². The molecule has 1 aliphatic rings. The molecule has 5 nitrogen and oxygen atoms in total. The van der Waals surface area contributed by atoms with Crippen molar-refractivity contribution in [2.75, 3.05) is 18.5 Å². The number of anilines is 1. The van der Waals surface area contributed by atoms with Crippen LogP contribution in [0.2, 0.25) is 0 Å². The molecular weight excluding hydrogens is 280 g/mol. The van der Waals surface area contributed by atoms with Crippen LogP contribution >= 0.6 is 0 Å². The van der Waals surface area contributed by atoms with Gasteiger partial charge < -0.3 is 20.5 Å². The minimum atomic E-state index is -0.743. The Kier molecular flexibility index (Phi) is 4.25. The predicted molar refractivity (Wildman–Crippen MR) is 84.1 cm³/mol. The molecule has 0 aliphatic carbocycles. The number of aliphatic hydroxyl groups excluding tert-OH is 1. The standard InChI is InChI=1S/C17H18N2O3/c20-15(12-6-7-16-13(10-12)8-9-22-16)11-18-17(21)19-14-4-2-1-3-5-14/h1-7,10,15,20H,8-9,11H2,(H2,18,19,21)/t15-/m0/s1. The molecule has 0 bridgehead atoms. The van der Waals surface area contributed by atoms with Crippen molar-refractivity contribution < 1.29 is 14.6 Å². The number of hydrogen-bond acceptors (Lipinski definition) is 3. The fraction of sp³-hybridized carbons (Fsp3) is 0.235. The van der Waals surface area contributed by atoms with Gasteiger partial charge in [0.25, 0.3) is 0 Å². The van der Waals surface area contributed by atoms with E-state index in [9.17, 15) is 9.90 Å². The molecule has 2 aromatic rings. The van der Waals surface area contributed by atoms with Crippen LogP contribution in [0.25, 0.3) is 0 Å². The summed E-state index contributed by atoms with van der Waals surface area (Å²) in [5.74, 6) is 0.880. The molecule has 3 rings (SSSR count). The van der Waals surface area contributed by atoms with E-state index < -0.39 is 6.10 Å². The van der Waals surface area contributed by atoms with Crippen molar-refractivity contribution in [3.63, 3.8) is 0 Å². The van der Waals surface area contributed by atoms with Crippen LogP contribution in [-0.2, 0) is 6.42 Å². The molecule has 114 valence electrons. The third kappa shape index (κ3) is 3.38. The van der Waals surface area contributed by atoms with Crippen LogP contribution in [0.3, 0.4) is 0 Å². The van der Waals surface area contributed by atoms with Gasteiger partial charge in [0.15, 0.2) is 0 Å². The first-order valence-corrected chi connectivity index (χ1v) is 7.26. The molecule has 3 N–H and O–H groups in total. The number of ether oxygens (including phenoxy) is 1. The van der Waals surface area contributed by atoms with E-state index in [2.05, 4.69) is 10.6 Å². The van der Waals surface area contributed by atoms with E-state index in [1.165, 1.54) is 0 Å². The Hall–Kier alpha value is -2.53. The minimum absolute atomic E-state index is 0.151. The molecule has 0 saturated carbocycles. The summed E-state index contributed by atoms with van der Waals surface area (Å²) in [5, 5.41) is 15.6. The lowest BCUT2D eigenvalue weighted by Crippen LogP contribution is -2.32. The number of carbonyl (C=O) groups is 1. The second kappa shape index (κ2) is 6.49. The average molecular weight is 298 g/mol. The summed E-state index contributed by atoms with van der Waals surface area (Å²) in [6.07, 6.45) is 0.116. The lowest BCUT2D eigenvalue weighted by molar-refractivity contribution is 0.175. The van der Waals surface area contributed by atoms with Gasteiger partial charge in [0.05, 0.1) is 12.7 Å². The third-order valence-electron chi connectivity index (χ3n) is 3.59. The minimum Gasteiger partial charge on any atom is -0.493 e. The summed E-state index contributed by atoms with van der Waals surface area (Å²) >= 11 is 0. The first kappa shape index (κ1) is 14.4. The molecule has 1 atom stereocenters. The van der Waals surface area contributed by atoms with E-state index in [1.807, 2.05) is 36.4 Å². The van der Waals surface area contributed by atoms with Gasteiger partial charge in [0.1, 0.15) is 5.75 Å². The second-order valence-corrected chi connectivity index (χ2v) is 5.18. The smallest absolute Gasteiger partial charge is 0.319 e. The van der Waals surface area contributed by atoms with Crippen LogP contribution in [0.5, 0.6) is 5.75 Å². The molecule has 0 aromatic heterocycles. The molecule has 0 saturated heterocycles. The van der Waals surface area contributed by atoms with Crippen molar-refractivity contribution in [2.45, 2.75) is 12.5 Å². The Balaban J connectivity index is 1.53. The fourth-order valence-electron chi connectivity index (χ4n) is 2.42.